The first-order valence-corrected chi connectivity index (χ1v) is 12.7. The second-order valence-corrected chi connectivity index (χ2v) is 10.0. The van der Waals surface area contributed by atoms with Crippen LogP contribution in [0.2, 0.25) is 0 Å². The van der Waals surface area contributed by atoms with E-state index in [0.29, 0.717) is 37.8 Å². The Morgan fingerprint density at radius 3 is 2.24 bits per heavy atom. The van der Waals surface area contributed by atoms with Gasteiger partial charge in [-0.05, 0) is 48.5 Å². The van der Waals surface area contributed by atoms with Gasteiger partial charge in [0.1, 0.15) is 5.75 Å². The average Bonchev–Trinajstić information content (AvgIpc) is 3.27. The molecule has 2 aromatic heterocycles. The number of methoxy groups -OCH3 is 1. The van der Waals surface area contributed by atoms with Crippen molar-refractivity contribution in [3.05, 3.63) is 60.9 Å². The molecule has 176 valence electrons. The molecule has 0 radical (unpaired) electrons. The molecule has 3 heterocycles. The third kappa shape index (κ3) is 4.52. The highest BCUT2D eigenvalue weighted by Gasteiger charge is 2.23. The zero-order valence-electron chi connectivity index (χ0n) is 18.9. The van der Waals surface area contributed by atoms with E-state index in [1.807, 2.05) is 48.5 Å². The van der Waals surface area contributed by atoms with E-state index in [-0.39, 0.29) is 0 Å². The Morgan fingerprint density at radius 1 is 0.912 bits per heavy atom. The van der Waals surface area contributed by atoms with Gasteiger partial charge < -0.3 is 15.0 Å². The topological polar surface area (TPSA) is 105 Å². The minimum Gasteiger partial charge on any atom is -0.497 e. The smallest absolute Gasteiger partial charge is 0.229 e. The highest BCUT2D eigenvalue weighted by atomic mass is 32.2. The highest BCUT2D eigenvalue weighted by Crippen LogP contribution is 2.23. The summed E-state index contributed by atoms with van der Waals surface area (Å²) in [4.78, 5) is 11.3. The number of fused-ring (bicyclic) bond motifs is 1. The summed E-state index contributed by atoms with van der Waals surface area (Å²) < 4.78 is 31.9. The number of nitrogens with zero attached hydrogens (tertiary/aromatic N) is 6. The van der Waals surface area contributed by atoms with Crippen LogP contribution >= 0.6 is 0 Å². The molecule has 0 spiro atoms. The molecule has 0 aliphatic carbocycles. The van der Waals surface area contributed by atoms with Crippen LogP contribution < -0.4 is 15.0 Å². The maximum Gasteiger partial charge on any atom is 0.229 e. The number of ether oxygens (including phenoxy) is 1. The molecule has 0 atom stereocenters. The van der Waals surface area contributed by atoms with Crippen LogP contribution in [-0.2, 0) is 10.0 Å². The van der Waals surface area contributed by atoms with Gasteiger partial charge in [0.25, 0.3) is 0 Å². The summed E-state index contributed by atoms with van der Waals surface area (Å²) in [5, 5.41) is 8.54. The van der Waals surface area contributed by atoms with Crippen molar-refractivity contribution in [2.75, 3.05) is 49.8 Å². The minimum absolute atomic E-state index is 0.470. The molecule has 1 saturated heterocycles. The van der Waals surface area contributed by atoms with E-state index in [9.17, 15) is 8.42 Å². The van der Waals surface area contributed by atoms with Gasteiger partial charge in [0.05, 0.1) is 30.6 Å². The third-order valence-electron chi connectivity index (χ3n) is 5.82. The van der Waals surface area contributed by atoms with E-state index in [1.165, 1.54) is 10.6 Å². The fourth-order valence-electron chi connectivity index (χ4n) is 3.95. The number of nitrogens with one attached hydrogen (secondary N) is 1. The van der Waals surface area contributed by atoms with Crippen molar-refractivity contribution in [3.63, 3.8) is 0 Å². The first-order chi connectivity index (χ1) is 16.4. The number of anilines is 3. The van der Waals surface area contributed by atoms with E-state index in [0.717, 1.165) is 28.2 Å². The van der Waals surface area contributed by atoms with E-state index in [1.54, 1.807) is 24.2 Å². The van der Waals surface area contributed by atoms with Crippen molar-refractivity contribution in [1.82, 2.24) is 24.1 Å². The highest BCUT2D eigenvalue weighted by molar-refractivity contribution is 7.88. The Bertz CT molecular complexity index is 1400. The lowest BCUT2D eigenvalue weighted by Crippen LogP contribution is -2.48. The van der Waals surface area contributed by atoms with Gasteiger partial charge in [-0.1, -0.05) is 0 Å². The number of hydrogen-bond donors (Lipinski definition) is 1. The van der Waals surface area contributed by atoms with Gasteiger partial charge in [-0.2, -0.15) is 14.4 Å². The van der Waals surface area contributed by atoms with Crippen molar-refractivity contribution in [2.24, 2.45) is 0 Å². The predicted octanol–water partition coefficient (Wildman–Crippen LogP) is 2.65. The molecule has 0 unspecified atom stereocenters. The lowest BCUT2D eigenvalue weighted by Gasteiger charge is -2.34. The molecule has 1 aliphatic heterocycles. The van der Waals surface area contributed by atoms with Crippen LogP contribution in [0.4, 0.5) is 17.3 Å². The maximum atomic E-state index is 11.7. The number of rotatable bonds is 6. The summed E-state index contributed by atoms with van der Waals surface area (Å²) >= 11 is 0. The summed E-state index contributed by atoms with van der Waals surface area (Å²) in [6.45, 7) is 2.31. The second kappa shape index (κ2) is 8.92. The maximum absolute atomic E-state index is 11.7. The van der Waals surface area contributed by atoms with Crippen LogP contribution in [0.15, 0.2) is 60.9 Å². The van der Waals surface area contributed by atoms with Crippen molar-refractivity contribution in [3.8, 4) is 11.4 Å². The standard InChI is InChI=1S/C23H25N7O3S/c1-33-21-9-7-20(8-10-21)30-22-17(16-25-30)15-24-23(27-22)26-18-3-5-19(6-4-18)28-11-13-29(14-12-28)34(2,31)32/h3-10,15-16H,11-14H2,1-2H3,(H,24,26,27). The van der Waals surface area contributed by atoms with Gasteiger partial charge in [0, 0.05) is 43.8 Å². The molecule has 0 amide bonds. The monoisotopic (exact) mass is 479 g/mol. The summed E-state index contributed by atoms with van der Waals surface area (Å²) in [5.74, 6) is 1.25. The largest absolute Gasteiger partial charge is 0.497 e. The van der Waals surface area contributed by atoms with E-state index in [4.69, 9.17) is 4.74 Å². The minimum atomic E-state index is -3.14. The van der Waals surface area contributed by atoms with Gasteiger partial charge >= 0.3 is 0 Å². The Balaban J connectivity index is 1.30. The Morgan fingerprint density at radius 2 is 1.59 bits per heavy atom. The Hall–Kier alpha value is -3.70. The lowest BCUT2D eigenvalue weighted by atomic mass is 10.2. The fraction of sp³-hybridized carbons (Fsp3) is 0.261. The molecule has 1 fully saturated rings. The number of hydrogen-bond acceptors (Lipinski definition) is 8. The zero-order valence-corrected chi connectivity index (χ0v) is 19.7. The normalized spacial score (nSPS) is 14.9. The van der Waals surface area contributed by atoms with Gasteiger partial charge in [-0.25, -0.2) is 18.1 Å². The van der Waals surface area contributed by atoms with E-state index in [2.05, 4.69) is 25.3 Å². The SMILES string of the molecule is COc1ccc(-n2ncc3cnc(Nc4ccc(N5CCN(S(C)(=O)=O)CC5)cc4)nc32)cc1. The Labute approximate surface area is 197 Å². The molecular formula is C23H25N7O3S. The summed E-state index contributed by atoms with van der Waals surface area (Å²) in [7, 11) is -1.50. The van der Waals surface area contributed by atoms with Gasteiger partial charge in [0.15, 0.2) is 5.65 Å². The number of sulfonamides is 1. The van der Waals surface area contributed by atoms with Crippen LogP contribution in [0.3, 0.4) is 0 Å². The first kappa shape index (κ1) is 22.1. The Kier molecular flexibility index (Phi) is 5.80. The van der Waals surface area contributed by atoms with Crippen LogP contribution in [0, 0.1) is 0 Å². The molecule has 5 rings (SSSR count). The molecular weight excluding hydrogens is 454 g/mol. The molecule has 4 aromatic rings. The predicted molar refractivity (Wildman–Crippen MR) is 132 cm³/mol. The van der Waals surface area contributed by atoms with Gasteiger partial charge in [-0.15, -0.1) is 0 Å². The number of piperazine rings is 1. The van der Waals surface area contributed by atoms with Crippen LogP contribution in [0.1, 0.15) is 0 Å². The zero-order chi connectivity index (χ0) is 23.7. The van der Waals surface area contributed by atoms with Crippen molar-refractivity contribution in [2.45, 2.75) is 0 Å². The van der Waals surface area contributed by atoms with Crippen molar-refractivity contribution in [1.29, 1.82) is 0 Å². The molecule has 0 bridgehead atoms. The van der Waals surface area contributed by atoms with Gasteiger partial charge in [0.2, 0.25) is 16.0 Å². The van der Waals surface area contributed by atoms with Crippen LogP contribution in [0.5, 0.6) is 5.75 Å². The quantitative estimate of drug-likeness (QED) is 0.450. The molecule has 1 aliphatic rings. The van der Waals surface area contributed by atoms with Crippen LogP contribution in [-0.4, -0.2) is 72.0 Å². The summed E-state index contributed by atoms with van der Waals surface area (Å²) in [6.07, 6.45) is 4.74. The van der Waals surface area contributed by atoms with Crippen LogP contribution in [0.25, 0.3) is 16.7 Å². The van der Waals surface area contributed by atoms with E-state index >= 15 is 0 Å². The molecule has 11 heteroatoms. The fourth-order valence-corrected chi connectivity index (χ4v) is 4.78. The third-order valence-corrected chi connectivity index (χ3v) is 7.13. The molecule has 0 saturated carbocycles. The first-order valence-electron chi connectivity index (χ1n) is 10.8. The molecule has 10 nitrogen and oxygen atoms in total. The van der Waals surface area contributed by atoms with Crippen molar-refractivity contribution >= 4 is 38.4 Å². The lowest BCUT2D eigenvalue weighted by molar-refractivity contribution is 0.388. The second-order valence-electron chi connectivity index (χ2n) is 8.05. The van der Waals surface area contributed by atoms with Crippen molar-refractivity contribution < 1.29 is 13.2 Å². The average molecular weight is 480 g/mol. The molecule has 2 aromatic carbocycles. The number of aromatic nitrogens is 4. The summed E-state index contributed by atoms with van der Waals surface area (Å²) in [5.41, 5.74) is 3.48. The van der Waals surface area contributed by atoms with Gasteiger partial charge in [-0.3, -0.25) is 0 Å². The molecule has 34 heavy (non-hydrogen) atoms. The number of benzene rings is 2. The molecule has 1 N–H and O–H groups in total. The van der Waals surface area contributed by atoms with E-state index < -0.39 is 10.0 Å². The summed E-state index contributed by atoms with van der Waals surface area (Å²) in [6, 6.07) is 15.6.